The summed E-state index contributed by atoms with van der Waals surface area (Å²) in [6.45, 7) is 0.0698. The molecule has 2 aromatic carbocycles. The molecule has 0 aliphatic carbocycles. The largest absolute Gasteiger partial charge is 0.421 e. The number of hydrogen-bond acceptors (Lipinski definition) is 4. The number of nitrogens with two attached hydrogens (primary N) is 2. The van der Waals surface area contributed by atoms with Crippen LogP contribution in [0.4, 0.5) is 64.1 Å². The van der Waals surface area contributed by atoms with Crippen molar-refractivity contribution in [2.45, 2.75) is 55.2 Å². The molecule has 37 heavy (non-hydrogen) atoms. The van der Waals surface area contributed by atoms with Gasteiger partial charge in [0.2, 0.25) is 5.41 Å². The summed E-state index contributed by atoms with van der Waals surface area (Å²) < 4.78 is 167. The molecule has 16 heteroatoms. The molecule has 2 aromatic rings. The molecule has 0 saturated carbocycles. The van der Waals surface area contributed by atoms with Gasteiger partial charge in [-0.2, -0.15) is 52.7 Å². The lowest BCUT2D eigenvalue weighted by molar-refractivity contribution is -0.288. The van der Waals surface area contributed by atoms with Gasteiger partial charge in [-0.1, -0.05) is 12.1 Å². The van der Waals surface area contributed by atoms with Gasteiger partial charge in [0.15, 0.2) is 11.2 Å². The molecule has 0 bridgehead atoms. The predicted molar refractivity (Wildman–Crippen MR) is 106 cm³/mol. The topological polar surface area (TPSA) is 92.5 Å². The van der Waals surface area contributed by atoms with Crippen molar-refractivity contribution in [1.29, 1.82) is 0 Å². The van der Waals surface area contributed by atoms with Crippen LogP contribution in [0, 0.1) is 0 Å². The van der Waals surface area contributed by atoms with Crippen molar-refractivity contribution < 1.29 is 62.9 Å². The van der Waals surface area contributed by atoms with E-state index in [9.17, 15) is 62.9 Å². The van der Waals surface area contributed by atoms with Crippen LogP contribution in [0.2, 0.25) is 0 Å². The van der Waals surface area contributed by atoms with Crippen LogP contribution in [0.1, 0.15) is 36.1 Å². The molecule has 4 nitrogen and oxygen atoms in total. The minimum Gasteiger partial charge on any atom is -0.398 e. The third-order valence-electron chi connectivity index (χ3n) is 5.98. The van der Waals surface area contributed by atoms with Crippen LogP contribution in [-0.2, 0) is 16.6 Å². The van der Waals surface area contributed by atoms with Crippen molar-refractivity contribution in [1.82, 2.24) is 0 Å². The fourth-order valence-corrected chi connectivity index (χ4v) is 3.71. The van der Waals surface area contributed by atoms with Gasteiger partial charge in [-0.15, -0.1) is 0 Å². The van der Waals surface area contributed by atoms with Crippen LogP contribution < -0.4 is 11.5 Å². The van der Waals surface area contributed by atoms with Crippen LogP contribution in [0.25, 0.3) is 0 Å². The van der Waals surface area contributed by atoms with E-state index in [1.165, 1.54) is 0 Å². The smallest absolute Gasteiger partial charge is 0.398 e. The summed E-state index contributed by atoms with van der Waals surface area (Å²) >= 11 is 0. The highest BCUT2D eigenvalue weighted by atomic mass is 19.4. The van der Waals surface area contributed by atoms with Crippen LogP contribution in [-0.4, -0.2) is 34.9 Å². The summed E-state index contributed by atoms with van der Waals surface area (Å²) in [5.74, 6) is 0. The second-order valence-electron chi connectivity index (χ2n) is 8.49. The Morgan fingerprint density at radius 3 is 1.00 bits per heavy atom. The van der Waals surface area contributed by atoms with Gasteiger partial charge in [0.1, 0.15) is 0 Å². The van der Waals surface area contributed by atoms with Crippen LogP contribution in [0.3, 0.4) is 0 Å². The van der Waals surface area contributed by atoms with E-state index in [0.29, 0.717) is 0 Å². The molecule has 0 saturated heterocycles. The van der Waals surface area contributed by atoms with E-state index in [0.717, 1.165) is 0 Å². The predicted octanol–water partition coefficient (Wildman–Crippen LogP) is 5.80. The second kappa shape index (κ2) is 8.58. The van der Waals surface area contributed by atoms with Crippen molar-refractivity contribution in [2.24, 2.45) is 0 Å². The highest BCUT2D eigenvalue weighted by molar-refractivity contribution is 5.59. The van der Waals surface area contributed by atoms with Crippen LogP contribution in [0.5, 0.6) is 0 Å². The molecule has 0 fully saturated rings. The monoisotopic (exact) mass is 558 g/mol. The number of nitrogen functional groups attached to an aromatic ring is 2. The third kappa shape index (κ3) is 4.64. The standard InChI is InChI=1S/C21H18F12N2O2/c1-15(36,18(22,23)24)11-7-9(3-5-13(11)34)17(20(28,29)30,21(31,32)33)10-4-6-14(35)12(8-10)16(2,37)19(25,26)27/h3-8,36-37H,34-35H2,1-2H3. The van der Waals surface area contributed by atoms with Gasteiger partial charge in [-0.05, 0) is 49.2 Å². The number of hydrogen-bond donors (Lipinski definition) is 4. The Bertz CT molecular complexity index is 1070. The molecule has 6 N–H and O–H groups in total. The van der Waals surface area contributed by atoms with E-state index >= 15 is 0 Å². The van der Waals surface area contributed by atoms with Gasteiger partial charge in [-0.25, -0.2) is 0 Å². The number of anilines is 2. The zero-order chi connectivity index (χ0) is 29.2. The summed E-state index contributed by atoms with van der Waals surface area (Å²) in [6, 6.07) is 0.0975. The SMILES string of the molecule is CC(O)(c1cc(C(c2ccc(N)c(C(C)(O)C(F)(F)F)c2)(C(F)(F)F)C(F)(F)F)ccc1N)C(F)(F)F. The van der Waals surface area contributed by atoms with E-state index in [-0.39, 0.29) is 50.2 Å². The zero-order valence-electron chi connectivity index (χ0n) is 18.5. The maximum Gasteiger partial charge on any atom is 0.421 e. The molecular formula is C21H18F12N2O2. The number of alkyl halides is 12. The maximum absolute atomic E-state index is 14.4. The van der Waals surface area contributed by atoms with E-state index in [2.05, 4.69) is 0 Å². The highest BCUT2D eigenvalue weighted by Crippen LogP contribution is 2.58. The lowest BCUT2D eigenvalue weighted by Gasteiger charge is -2.40. The van der Waals surface area contributed by atoms with E-state index in [4.69, 9.17) is 11.5 Å². The fraction of sp³-hybridized carbons (Fsp3) is 0.429. The lowest BCUT2D eigenvalue weighted by atomic mass is 9.70. The first-order chi connectivity index (χ1) is 16.2. The van der Waals surface area contributed by atoms with Crippen molar-refractivity contribution in [3.63, 3.8) is 0 Å². The van der Waals surface area contributed by atoms with Crippen molar-refractivity contribution in [3.8, 4) is 0 Å². The number of benzene rings is 2. The zero-order valence-corrected chi connectivity index (χ0v) is 18.5. The van der Waals surface area contributed by atoms with Crippen LogP contribution >= 0.6 is 0 Å². The Kier molecular flexibility index (Phi) is 7.03. The molecule has 0 aliphatic heterocycles. The van der Waals surface area contributed by atoms with E-state index in [1.54, 1.807) is 0 Å². The molecule has 0 aliphatic rings. The van der Waals surface area contributed by atoms with Gasteiger partial charge in [0, 0.05) is 22.5 Å². The molecule has 2 atom stereocenters. The first-order valence-corrected chi connectivity index (χ1v) is 9.77. The second-order valence-corrected chi connectivity index (χ2v) is 8.49. The molecule has 208 valence electrons. The molecule has 0 spiro atoms. The summed E-state index contributed by atoms with van der Waals surface area (Å²) in [6.07, 6.45) is -24.1. The minimum atomic E-state index is -6.44. The van der Waals surface area contributed by atoms with Gasteiger partial charge < -0.3 is 21.7 Å². The molecule has 0 radical (unpaired) electrons. The van der Waals surface area contributed by atoms with E-state index < -0.39 is 75.0 Å². The molecule has 2 unspecified atom stereocenters. The normalized spacial score (nSPS) is 17.3. The highest BCUT2D eigenvalue weighted by Gasteiger charge is 2.73. The van der Waals surface area contributed by atoms with Gasteiger partial charge in [0.25, 0.3) is 0 Å². The minimum absolute atomic E-state index is 0.0349. The fourth-order valence-electron chi connectivity index (χ4n) is 3.71. The van der Waals surface area contributed by atoms with Crippen molar-refractivity contribution >= 4 is 11.4 Å². The summed E-state index contributed by atoms with van der Waals surface area (Å²) in [5.41, 5.74) is -11.8. The van der Waals surface area contributed by atoms with Crippen LogP contribution in [0.15, 0.2) is 36.4 Å². The molecule has 2 rings (SSSR count). The number of halogens is 12. The van der Waals surface area contributed by atoms with Gasteiger partial charge in [0.05, 0.1) is 0 Å². The van der Waals surface area contributed by atoms with Crippen molar-refractivity contribution in [3.05, 3.63) is 58.7 Å². The Hall–Kier alpha value is -2.88. The molecule has 0 heterocycles. The number of aliphatic hydroxyl groups is 2. The Balaban J connectivity index is 3.11. The summed E-state index contributed by atoms with van der Waals surface area (Å²) in [4.78, 5) is 0. The lowest BCUT2D eigenvalue weighted by Crippen LogP contribution is -2.55. The summed E-state index contributed by atoms with van der Waals surface area (Å²) in [7, 11) is 0. The maximum atomic E-state index is 14.4. The molecule has 0 amide bonds. The molecular weight excluding hydrogens is 540 g/mol. The van der Waals surface area contributed by atoms with Gasteiger partial charge >= 0.3 is 24.7 Å². The average Bonchev–Trinajstić information content (AvgIpc) is 2.66. The molecule has 0 aromatic heterocycles. The average molecular weight is 558 g/mol. The van der Waals surface area contributed by atoms with E-state index in [1.807, 2.05) is 0 Å². The third-order valence-corrected chi connectivity index (χ3v) is 5.98. The Morgan fingerprint density at radius 2 is 0.784 bits per heavy atom. The summed E-state index contributed by atoms with van der Waals surface area (Å²) in [5, 5.41) is 19.8. The first-order valence-electron chi connectivity index (χ1n) is 9.77. The van der Waals surface area contributed by atoms with Crippen molar-refractivity contribution in [2.75, 3.05) is 11.5 Å². The first kappa shape index (κ1) is 30.3. The van der Waals surface area contributed by atoms with Gasteiger partial charge in [-0.3, -0.25) is 0 Å². The Labute approximate surface area is 200 Å². The quantitative estimate of drug-likeness (QED) is 0.282. The Morgan fingerprint density at radius 1 is 0.514 bits per heavy atom. The number of rotatable bonds is 4.